The summed E-state index contributed by atoms with van der Waals surface area (Å²) in [5.74, 6) is 0.910. The van der Waals surface area contributed by atoms with Gasteiger partial charge in [-0.15, -0.1) is 0 Å². The summed E-state index contributed by atoms with van der Waals surface area (Å²) in [6, 6.07) is 20.7. The van der Waals surface area contributed by atoms with Gasteiger partial charge in [0, 0.05) is 15.7 Å². The van der Waals surface area contributed by atoms with E-state index in [0.717, 1.165) is 10.0 Å². The minimum atomic E-state index is -1.06. The summed E-state index contributed by atoms with van der Waals surface area (Å²) in [5.41, 5.74) is 2.99. The van der Waals surface area contributed by atoms with Crippen LogP contribution in [0.15, 0.2) is 75.6 Å². The molecule has 0 aliphatic carbocycles. The van der Waals surface area contributed by atoms with Gasteiger partial charge in [-0.2, -0.15) is 0 Å². The van der Waals surface area contributed by atoms with E-state index in [1.54, 1.807) is 32.0 Å². The van der Waals surface area contributed by atoms with Crippen LogP contribution in [-0.2, 0) is 4.79 Å². The number of halogens is 1. The van der Waals surface area contributed by atoms with Crippen molar-refractivity contribution < 1.29 is 13.9 Å². The lowest BCUT2D eigenvalue weighted by atomic mass is 10.1. The van der Waals surface area contributed by atoms with E-state index in [2.05, 4.69) is 26.2 Å². The molecule has 1 amide bonds. The number of ether oxygens (including phenoxy) is 1. The summed E-state index contributed by atoms with van der Waals surface area (Å²) in [6.45, 7) is 5.50. The number of fused-ring (bicyclic) bond motifs is 1. The summed E-state index contributed by atoms with van der Waals surface area (Å²) in [7, 11) is 0. The largest absolute Gasteiger partial charge is 0.478 e. The lowest BCUT2D eigenvalue weighted by molar-refractivity contribution is -0.128. The Kier molecular flexibility index (Phi) is 5.35. The Balaban J connectivity index is 1.52. The van der Waals surface area contributed by atoms with Gasteiger partial charge in [0.05, 0.1) is 0 Å². The zero-order chi connectivity index (χ0) is 21.3. The Labute approximate surface area is 183 Å². The standard InChI is InChI=1S/C24H21BrN2O3/c1-15-4-6-16(7-5-15)22-27-20-14-18(10-13-21(20)29-22)26-23(28)24(2,3)30-19-11-8-17(25)9-12-19/h4-14H,1-3H3,(H,26,28). The zero-order valence-electron chi connectivity index (χ0n) is 16.9. The summed E-state index contributed by atoms with van der Waals surface area (Å²) in [6.07, 6.45) is 0. The molecule has 0 fully saturated rings. The van der Waals surface area contributed by atoms with Crippen LogP contribution >= 0.6 is 15.9 Å². The van der Waals surface area contributed by atoms with Crippen molar-refractivity contribution in [3.05, 3.63) is 76.8 Å². The Morgan fingerprint density at radius 1 is 1.03 bits per heavy atom. The van der Waals surface area contributed by atoms with Crippen LogP contribution in [0.5, 0.6) is 5.75 Å². The first-order valence-corrected chi connectivity index (χ1v) is 10.3. The average Bonchev–Trinajstić information content (AvgIpc) is 3.13. The van der Waals surface area contributed by atoms with Crippen LogP contribution < -0.4 is 10.1 Å². The van der Waals surface area contributed by atoms with Crippen LogP contribution in [0.1, 0.15) is 19.4 Å². The fraction of sp³-hybridized carbons (Fsp3) is 0.167. The van der Waals surface area contributed by atoms with Crippen molar-refractivity contribution in [1.82, 2.24) is 4.98 Å². The van der Waals surface area contributed by atoms with Gasteiger partial charge in [0.1, 0.15) is 11.3 Å². The maximum Gasteiger partial charge on any atom is 0.267 e. The van der Waals surface area contributed by atoms with Crippen LogP contribution in [-0.4, -0.2) is 16.5 Å². The number of aromatic nitrogens is 1. The summed E-state index contributed by atoms with van der Waals surface area (Å²) < 4.78 is 12.7. The van der Waals surface area contributed by atoms with Crippen molar-refractivity contribution in [2.24, 2.45) is 0 Å². The van der Waals surface area contributed by atoms with Gasteiger partial charge < -0.3 is 14.5 Å². The number of nitrogens with zero attached hydrogens (tertiary/aromatic N) is 1. The molecule has 0 saturated carbocycles. The van der Waals surface area contributed by atoms with Crippen LogP contribution in [0.2, 0.25) is 0 Å². The second-order valence-electron chi connectivity index (χ2n) is 7.59. The molecule has 0 bridgehead atoms. The normalized spacial score (nSPS) is 11.5. The van der Waals surface area contributed by atoms with Crippen LogP contribution in [0, 0.1) is 6.92 Å². The van der Waals surface area contributed by atoms with Crippen LogP contribution in [0.25, 0.3) is 22.6 Å². The average molecular weight is 465 g/mol. The Morgan fingerprint density at radius 3 is 2.43 bits per heavy atom. The third-order valence-electron chi connectivity index (χ3n) is 4.68. The quantitative estimate of drug-likeness (QED) is 0.373. The lowest BCUT2D eigenvalue weighted by Gasteiger charge is -2.25. The van der Waals surface area contributed by atoms with E-state index < -0.39 is 5.60 Å². The number of aryl methyl sites for hydroxylation is 1. The molecule has 0 radical (unpaired) electrons. The number of hydrogen-bond donors (Lipinski definition) is 1. The molecule has 1 heterocycles. The molecule has 5 nitrogen and oxygen atoms in total. The fourth-order valence-corrected chi connectivity index (χ4v) is 3.21. The van der Waals surface area contributed by atoms with Crippen molar-refractivity contribution in [2.45, 2.75) is 26.4 Å². The first-order valence-electron chi connectivity index (χ1n) is 9.54. The number of rotatable bonds is 5. The number of oxazole rings is 1. The van der Waals surface area contributed by atoms with E-state index >= 15 is 0 Å². The third kappa shape index (κ3) is 4.39. The van der Waals surface area contributed by atoms with E-state index in [4.69, 9.17) is 9.15 Å². The molecule has 0 unspecified atom stereocenters. The van der Waals surface area contributed by atoms with Gasteiger partial charge in [-0.3, -0.25) is 4.79 Å². The predicted molar refractivity (Wildman–Crippen MR) is 122 cm³/mol. The molecule has 1 N–H and O–H groups in total. The predicted octanol–water partition coefficient (Wildman–Crippen LogP) is 6.36. The number of nitrogens with one attached hydrogen (secondary N) is 1. The van der Waals surface area contributed by atoms with E-state index in [1.807, 2.05) is 55.5 Å². The van der Waals surface area contributed by atoms with Crippen LogP contribution in [0.4, 0.5) is 5.69 Å². The highest BCUT2D eigenvalue weighted by molar-refractivity contribution is 9.10. The highest BCUT2D eigenvalue weighted by Crippen LogP contribution is 2.27. The van der Waals surface area contributed by atoms with Crippen LogP contribution in [0.3, 0.4) is 0 Å². The molecular weight excluding hydrogens is 444 g/mol. The molecule has 4 aromatic rings. The van der Waals surface area contributed by atoms with Gasteiger partial charge in [0.2, 0.25) is 5.89 Å². The number of amides is 1. The molecule has 152 valence electrons. The topological polar surface area (TPSA) is 64.4 Å². The van der Waals surface area contributed by atoms with E-state index in [9.17, 15) is 4.79 Å². The molecule has 0 atom stereocenters. The first kappa shape index (κ1) is 20.2. The minimum Gasteiger partial charge on any atom is -0.478 e. The Morgan fingerprint density at radius 2 is 1.73 bits per heavy atom. The van der Waals surface area contributed by atoms with Crippen molar-refractivity contribution in [3.8, 4) is 17.2 Å². The van der Waals surface area contributed by atoms with E-state index in [0.29, 0.717) is 28.4 Å². The second-order valence-corrected chi connectivity index (χ2v) is 8.50. The van der Waals surface area contributed by atoms with Gasteiger partial charge in [-0.1, -0.05) is 33.6 Å². The zero-order valence-corrected chi connectivity index (χ0v) is 18.5. The van der Waals surface area contributed by atoms with E-state index in [1.165, 1.54) is 5.56 Å². The first-order chi connectivity index (χ1) is 14.3. The smallest absolute Gasteiger partial charge is 0.267 e. The highest BCUT2D eigenvalue weighted by atomic mass is 79.9. The number of carbonyl (C=O) groups is 1. The van der Waals surface area contributed by atoms with E-state index in [-0.39, 0.29) is 5.91 Å². The Bertz CT molecular complexity index is 1200. The maximum atomic E-state index is 12.8. The molecule has 0 aliphatic heterocycles. The summed E-state index contributed by atoms with van der Waals surface area (Å²) in [5, 5.41) is 2.91. The van der Waals surface area contributed by atoms with Crippen molar-refractivity contribution in [2.75, 3.05) is 5.32 Å². The number of benzene rings is 3. The number of carbonyl (C=O) groups excluding carboxylic acids is 1. The Hall–Kier alpha value is -3.12. The number of anilines is 1. The monoisotopic (exact) mass is 464 g/mol. The molecule has 3 aromatic carbocycles. The van der Waals surface area contributed by atoms with Gasteiger partial charge >= 0.3 is 0 Å². The number of hydrogen-bond acceptors (Lipinski definition) is 4. The molecule has 6 heteroatoms. The maximum absolute atomic E-state index is 12.8. The summed E-state index contributed by atoms with van der Waals surface area (Å²) >= 11 is 3.39. The molecule has 0 spiro atoms. The van der Waals surface area contributed by atoms with Gasteiger partial charge in [-0.25, -0.2) is 4.98 Å². The van der Waals surface area contributed by atoms with Crippen molar-refractivity contribution >= 4 is 38.6 Å². The minimum absolute atomic E-state index is 0.257. The molecule has 4 rings (SSSR count). The molecule has 0 saturated heterocycles. The second kappa shape index (κ2) is 7.95. The van der Waals surface area contributed by atoms with Gasteiger partial charge in [0.25, 0.3) is 5.91 Å². The molecular formula is C24H21BrN2O3. The molecule has 30 heavy (non-hydrogen) atoms. The molecule has 0 aliphatic rings. The highest BCUT2D eigenvalue weighted by Gasteiger charge is 2.30. The summed E-state index contributed by atoms with van der Waals surface area (Å²) in [4.78, 5) is 17.4. The van der Waals surface area contributed by atoms with Gasteiger partial charge in [0.15, 0.2) is 11.2 Å². The van der Waals surface area contributed by atoms with Crippen molar-refractivity contribution in [3.63, 3.8) is 0 Å². The molecule has 1 aromatic heterocycles. The van der Waals surface area contributed by atoms with Crippen molar-refractivity contribution in [1.29, 1.82) is 0 Å². The third-order valence-corrected chi connectivity index (χ3v) is 5.21. The van der Waals surface area contributed by atoms with Gasteiger partial charge in [-0.05, 0) is 75.4 Å². The SMILES string of the molecule is Cc1ccc(-c2nc3cc(NC(=O)C(C)(C)Oc4ccc(Br)cc4)ccc3o2)cc1. The fourth-order valence-electron chi connectivity index (χ4n) is 2.95. The lowest BCUT2D eigenvalue weighted by Crippen LogP contribution is -2.42.